The number of hydrogen-bond donors (Lipinski definition) is 2. The van der Waals surface area contributed by atoms with E-state index in [9.17, 15) is 9.59 Å². The molecule has 1 aliphatic carbocycles. The van der Waals surface area contributed by atoms with E-state index >= 15 is 0 Å². The Labute approximate surface area is 163 Å². The number of nitrogens with zero attached hydrogens (tertiary/aromatic N) is 2. The maximum absolute atomic E-state index is 12.9. The van der Waals surface area contributed by atoms with Crippen LogP contribution in [0.25, 0.3) is 11.0 Å². The summed E-state index contributed by atoms with van der Waals surface area (Å²) in [6.45, 7) is 5.16. The first kappa shape index (κ1) is 17.3. The molecule has 0 saturated heterocycles. The fourth-order valence-electron chi connectivity index (χ4n) is 4.21. The Hall–Kier alpha value is -2.86. The summed E-state index contributed by atoms with van der Waals surface area (Å²) in [5, 5.41) is 3.10. The van der Waals surface area contributed by atoms with Crippen molar-refractivity contribution < 1.29 is 4.79 Å². The molecule has 1 aliphatic heterocycles. The fourth-order valence-corrected chi connectivity index (χ4v) is 4.21. The van der Waals surface area contributed by atoms with Gasteiger partial charge in [-0.2, -0.15) is 0 Å². The maximum Gasteiger partial charge on any atom is 0.326 e. The average molecular weight is 376 g/mol. The number of rotatable bonds is 4. The van der Waals surface area contributed by atoms with E-state index in [-0.39, 0.29) is 17.6 Å². The number of nitrogens with one attached hydrogen (secondary N) is 2. The molecular weight excluding hydrogens is 352 g/mol. The van der Waals surface area contributed by atoms with Gasteiger partial charge in [0.25, 0.3) is 5.91 Å². The Balaban J connectivity index is 1.45. The Morgan fingerprint density at radius 1 is 1.25 bits per heavy atom. The van der Waals surface area contributed by atoms with E-state index in [4.69, 9.17) is 0 Å². The van der Waals surface area contributed by atoms with Crippen molar-refractivity contribution in [2.75, 3.05) is 18.4 Å². The topological polar surface area (TPSA) is 70.1 Å². The van der Waals surface area contributed by atoms with Gasteiger partial charge in [0.05, 0.1) is 11.0 Å². The summed E-state index contributed by atoms with van der Waals surface area (Å²) in [7, 11) is 0. The summed E-state index contributed by atoms with van der Waals surface area (Å²) < 4.78 is 1.79. The van der Waals surface area contributed by atoms with Crippen LogP contribution in [0.4, 0.5) is 5.69 Å². The van der Waals surface area contributed by atoms with Gasteiger partial charge >= 0.3 is 5.69 Å². The Bertz CT molecular complexity index is 1120. The van der Waals surface area contributed by atoms with E-state index < -0.39 is 0 Å². The Morgan fingerprint density at radius 2 is 2.11 bits per heavy atom. The number of hydrogen-bond acceptors (Lipinski definition) is 3. The highest BCUT2D eigenvalue weighted by Gasteiger charge is 2.27. The number of fused-ring (bicyclic) bond motifs is 2. The number of carbonyl (C=O) groups excluding carboxylic acids is 1. The van der Waals surface area contributed by atoms with Crippen LogP contribution in [0.3, 0.4) is 0 Å². The molecule has 0 radical (unpaired) electrons. The van der Waals surface area contributed by atoms with E-state index in [0.29, 0.717) is 5.56 Å². The van der Waals surface area contributed by atoms with Gasteiger partial charge < -0.3 is 10.3 Å². The van der Waals surface area contributed by atoms with E-state index in [1.807, 2.05) is 24.3 Å². The van der Waals surface area contributed by atoms with Crippen LogP contribution in [0.2, 0.25) is 0 Å². The SMILES string of the molecule is CCN1CCc2c(cccc2NC(=O)c2ccc3[nH]c(=O)n(C4CC4)c3c2)C1. The molecule has 2 N–H and O–H groups in total. The van der Waals surface area contributed by atoms with Crippen molar-refractivity contribution in [1.82, 2.24) is 14.5 Å². The summed E-state index contributed by atoms with van der Waals surface area (Å²) in [4.78, 5) is 30.4. The zero-order valence-electron chi connectivity index (χ0n) is 16.0. The molecule has 28 heavy (non-hydrogen) atoms. The largest absolute Gasteiger partial charge is 0.326 e. The van der Waals surface area contributed by atoms with Gasteiger partial charge in [-0.15, -0.1) is 0 Å². The molecule has 3 aromatic rings. The minimum absolute atomic E-state index is 0.0901. The fraction of sp³-hybridized carbons (Fsp3) is 0.364. The second kappa shape index (κ2) is 6.63. The molecule has 1 aromatic heterocycles. The molecule has 5 rings (SSSR count). The Kier molecular flexibility index (Phi) is 4.09. The third kappa shape index (κ3) is 2.94. The predicted octanol–water partition coefficient (Wildman–Crippen LogP) is 3.29. The Morgan fingerprint density at radius 3 is 2.89 bits per heavy atom. The number of imidazole rings is 1. The van der Waals surface area contributed by atoms with Crippen LogP contribution < -0.4 is 11.0 Å². The van der Waals surface area contributed by atoms with Crippen molar-refractivity contribution in [3.63, 3.8) is 0 Å². The van der Waals surface area contributed by atoms with E-state index in [2.05, 4.69) is 28.2 Å². The first-order valence-electron chi connectivity index (χ1n) is 10.0. The minimum Gasteiger partial charge on any atom is -0.322 e. The smallest absolute Gasteiger partial charge is 0.322 e. The second-order valence-corrected chi connectivity index (χ2v) is 7.78. The molecule has 2 aliphatic rings. The highest BCUT2D eigenvalue weighted by atomic mass is 16.2. The number of amides is 1. The molecule has 1 fully saturated rings. The molecule has 0 unspecified atom stereocenters. The molecule has 1 saturated carbocycles. The van der Waals surface area contributed by atoms with Gasteiger partial charge in [0, 0.05) is 30.4 Å². The monoisotopic (exact) mass is 376 g/mol. The van der Waals surface area contributed by atoms with Crippen molar-refractivity contribution >= 4 is 22.6 Å². The number of anilines is 1. The third-order valence-corrected chi connectivity index (χ3v) is 5.93. The van der Waals surface area contributed by atoms with Crippen LogP contribution >= 0.6 is 0 Å². The van der Waals surface area contributed by atoms with Crippen LogP contribution in [0, 0.1) is 0 Å². The minimum atomic E-state index is -0.135. The summed E-state index contributed by atoms with van der Waals surface area (Å²) >= 11 is 0. The predicted molar refractivity (Wildman–Crippen MR) is 110 cm³/mol. The molecule has 1 amide bonds. The van der Waals surface area contributed by atoms with Gasteiger partial charge in [0.15, 0.2) is 0 Å². The van der Waals surface area contributed by atoms with Crippen molar-refractivity contribution in [2.45, 2.75) is 38.8 Å². The molecule has 2 heterocycles. The first-order chi connectivity index (χ1) is 13.6. The quantitative estimate of drug-likeness (QED) is 0.734. The summed E-state index contributed by atoms with van der Waals surface area (Å²) in [6.07, 6.45) is 2.99. The number of carbonyl (C=O) groups is 1. The summed E-state index contributed by atoms with van der Waals surface area (Å²) in [5.74, 6) is -0.135. The van der Waals surface area contributed by atoms with Gasteiger partial charge in [-0.3, -0.25) is 14.3 Å². The van der Waals surface area contributed by atoms with E-state index in [1.54, 1.807) is 10.6 Å². The molecule has 6 heteroatoms. The van der Waals surface area contributed by atoms with Gasteiger partial charge in [0.1, 0.15) is 0 Å². The lowest BCUT2D eigenvalue weighted by Crippen LogP contribution is -2.31. The summed E-state index contributed by atoms with van der Waals surface area (Å²) in [6, 6.07) is 11.8. The molecule has 144 valence electrons. The standard InChI is InChI=1S/C22H24N4O2/c1-2-25-11-10-17-15(13-25)4-3-5-18(17)23-21(27)14-6-9-19-20(12-14)26(16-7-8-16)22(28)24-19/h3-6,9,12,16H,2,7-8,10-11,13H2,1H3,(H,23,27)(H,24,28). The molecule has 2 aromatic carbocycles. The molecule has 0 spiro atoms. The van der Waals surface area contributed by atoms with Crippen molar-refractivity contribution in [1.29, 1.82) is 0 Å². The number of benzene rings is 2. The van der Waals surface area contributed by atoms with Gasteiger partial charge in [0.2, 0.25) is 0 Å². The van der Waals surface area contributed by atoms with Crippen molar-refractivity contribution in [2.24, 2.45) is 0 Å². The van der Waals surface area contributed by atoms with Crippen molar-refractivity contribution in [3.8, 4) is 0 Å². The molecule has 0 atom stereocenters. The number of aromatic amines is 1. The van der Waals surface area contributed by atoms with Crippen LogP contribution in [-0.2, 0) is 13.0 Å². The zero-order chi connectivity index (χ0) is 19.3. The third-order valence-electron chi connectivity index (χ3n) is 5.93. The maximum atomic E-state index is 12.9. The molecular formula is C22H24N4O2. The van der Waals surface area contributed by atoms with Crippen LogP contribution in [-0.4, -0.2) is 33.4 Å². The first-order valence-corrected chi connectivity index (χ1v) is 10.0. The van der Waals surface area contributed by atoms with Crippen LogP contribution in [0.1, 0.15) is 47.3 Å². The van der Waals surface area contributed by atoms with Gasteiger partial charge in [-0.1, -0.05) is 19.1 Å². The highest BCUT2D eigenvalue weighted by Crippen LogP contribution is 2.36. The molecule has 6 nitrogen and oxygen atoms in total. The summed E-state index contributed by atoms with van der Waals surface area (Å²) in [5.41, 5.74) is 5.50. The van der Waals surface area contributed by atoms with E-state index in [1.165, 1.54) is 11.1 Å². The number of likely N-dealkylation sites (N-methyl/N-ethyl adjacent to an activating group) is 1. The average Bonchev–Trinajstić information content (AvgIpc) is 3.48. The zero-order valence-corrected chi connectivity index (χ0v) is 16.0. The van der Waals surface area contributed by atoms with Crippen LogP contribution in [0.5, 0.6) is 0 Å². The van der Waals surface area contributed by atoms with E-state index in [0.717, 1.165) is 55.6 Å². The number of aromatic nitrogens is 2. The normalized spacial score (nSPS) is 16.9. The van der Waals surface area contributed by atoms with Gasteiger partial charge in [-0.05, 0) is 61.2 Å². The van der Waals surface area contributed by atoms with Gasteiger partial charge in [-0.25, -0.2) is 4.79 Å². The molecule has 0 bridgehead atoms. The lowest BCUT2D eigenvalue weighted by Gasteiger charge is -2.29. The lowest BCUT2D eigenvalue weighted by molar-refractivity contribution is 0.102. The van der Waals surface area contributed by atoms with Crippen molar-refractivity contribution in [3.05, 3.63) is 63.6 Å². The second-order valence-electron chi connectivity index (χ2n) is 7.78. The van der Waals surface area contributed by atoms with Crippen LogP contribution in [0.15, 0.2) is 41.2 Å². The highest BCUT2D eigenvalue weighted by molar-refractivity contribution is 6.06. The lowest BCUT2D eigenvalue weighted by atomic mass is 9.97. The number of H-pyrrole nitrogens is 1.